The first kappa shape index (κ1) is 19.8. The predicted octanol–water partition coefficient (Wildman–Crippen LogP) is 5.15. The molecule has 2 aromatic heterocycles. The highest BCUT2D eigenvalue weighted by Gasteiger charge is 2.13. The number of hydrogen-bond donors (Lipinski definition) is 1. The Labute approximate surface area is 188 Å². The van der Waals surface area contributed by atoms with Crippen molar-refractivity contribution in [3.05, 3.63) is 90.8 Å². The van der Waals surface area contributed by atoms with E-state index in [1.165, 1.54) is 11.8 Å². The van der Waals surface area contributed by atoms with Gasteiger partial charge in [0.25, 0.3) is 0 Å². The number of nitrogens with one attached hydrogen (secondary N) is 1. The highest BCUT2D eigenvalue weighted by molar-refractivity contribution is 8.00. The minimum atomic E-state index is -0.164. The first-order valence-corrected chi connectivity index (χ1v) is 11.0. The molecule has 1 N–H and O–H groups in total. The average Bonchev–Trinajstić information content (AvgIpc) is 3.27. The van der Waals surface area contributed by atoms with Crippen LogP contribution in [0, 0.1) is 11.3 Å². The summed E-state index contributed by atoms with van der Waals surface area (Å²) in [5.74, 6) is 0.0285. The van der Waals surface area contributed by atoms with Crippen molar-refractivity contribution in [3.8, 4) is 17.3 Å². The third-order valence-electron chi connectivity index (χ3n) is 5.04. The fraction of sp³-hybridized carbons (Fsp3) is 0.0400. The fourth-order valence-corrected chi connectivity index (χ4v) is 4.36. The molecule has 5 aromatic rings. The minimum absolute atomic E-state index is 0.164. The maximum absolute atomic E-state index is 12.4. The van der Waals surface area contributed by atoms with E-state index in [0.717, 1.165) is 32.6 Å². The van der Waals surface area contributed by atoms with Crippen LogP contribution in [-0.2, 0) is 4.79 Å². The first-order chi connectivity index (χ1) is 15.7. The van der Waals surface area contributed by atoms with Crippen molar-refractivity contribution >= 4 is 39.6 Å². The zero-order chi connectivity index (χ0) is 21.9. The van der Waals surface area contributed by atoms with Crippen LogP contribution in [0.1, 0.15) is 5.56 Å². The average molecular weight is 436 g/mol. The summed E-state index contributed by atoms with van der Waals surface area (Å²) < 4.78 is 1.79. The molecule has 0 bridgehead atoms. The molecule has 0 aliphatic rings. The molecule has 0 unspecified atom stereocenters. The normalized spacial score (nSPS) is 10.8. The summed E-state index contributed by atoms with van der Waals surface area (Å²) in [4.78, 5) is 16.9. The number of nitriles is 1. The van der Waals surface area contributed by atoms with E-state index >= 15 is 0 Å². The molecule has 1 amide bonds. The Morgan fingerprint density at radius 2 is 1.91 bits per heavy atom. The Bertz CT molecular complexity index is 1500. The van der Waals surface area contributed by atoms with Gasteiger partial charge in [0.2, 0.25) is 5.91 Å². The third-order valence-corrected chi connectivity index (χ3v) is 6.03. The number of aromatic nitrogens is 3. The molecule has 2 heterocycles. The minimum Gasteiger partial charge on any atom is -0.325 e. The van der Waals surface area contributed by atoms with Gasteiger partial charge in [-0.25, -0.2) is 9.50 Å². The summed E-state index contributed by atoms with van der Waals surface area (Å²) in [6, 6.07) is 25.3. The SMILES string of the molecule is N#Cc1cccc(NC(=O)CSc2nccn3nc(-c4cccc5ccccc45)cc23)c1. The number of rotatable bonds is 5. The van der Waals surface area contributed by atoms with Crippen LogP contribution in [0.4, 0.5) is 5.69 Å². The van der Waals surface area contributed by atoms with Gasteiger partial charge in [0.15, 0.2) is 0 Å². The molecule has 0 saturated heterocycles. The Kier molecular flexibility index (Phi) is 5.28. The van der Waals surface area contributed by atoms with Gasteiger partial charge < -0.3 is 5.32 Å². The van der Waals surface area contributed by atoms with Gasteiger partial charge in [0, 0.05) is 23.6 Å². The maximum atomic E-state index is 12.4. The topological polar surface area (TPSA) is 83.1 Å². The van der Waals surface area contributed by atoms with Crippen molar-refractivity contribution < 1.29 is 4.79 Å². The molecule has 32 heavy (non-hydrogen) atoms. The monoisotopic (exact) mass is 435 g/mol. The van der Waals surface area contributed by atoms with Crippen molar-refractivity contribution in [3.63, 3.8) is 0 Å². The van der Waals surface area contributed by atoms with E-state index in [2.05, 4.69) is 40.6 Å². The van der Waals surface area contributed by atoms with Crippen molar-refractivity contribution in [2.24, 2.45) is 0 Å². The Morgan fingerprint density at radius 3 is 2.81 bits per heavy atom. The van der Waals surface area contributed by atoms with Gasteiger partial charge in [-0.05, 0) is 35.0 Å². The van der Waals surface area contributed by atoms with Crippen LogP contribution in [0.25, 0.3) is 27.5 Å². The summed E-state index contributed by atoms with van der Waals surface area (Å²) in [6.45, 7) is 0. The van der Waals surface area contributed by atoms with Gasteiger partial charge >= 0.3 is 0 Å². The second-order valence-corrected chi connectivity index (χ2v) is 8.11. The fourth-order valence-electron chi connectivity index (χ4n) is 3.59. The van der Waals surface area contributed by atoms with Crippen molar-refractivity contribution in [1.82, 2.24) is 14.6 Å². The van der Waals surface area contributed by atoms with Crippen LogP contribution < -0.4 is 5.32 Å². The van der Waals surface area contributed by atoms with Crippen molar-refractivity contribution in [2.45, 2.75) is 5.03 Å². The second-order valence-electron chi connectivity index (χ2n) is 7.15. The number of carbonyl (C=O) groups is 1. The van der Waals surface area contributed by atoms with E-state index in [1.54, 1.807) is 35.0 Å². The number of carbonyl (C=O) groups excluding carboxylic acids is 1. The number of fused-ring (bicyclic) bond motifs is 2. The number of amides is 1. The molecule has 0 fully saturated rings. The number of anilines is 1. The molecular weight excluding hydrogens is 418 g/mol. The van der Waals surface area contributed by atoms with Crippen LogP contribution in [0.15, 0.2) is 90.2 Å². The molecule has 0 aliphatic heterocycles. The van der Waals surface area contributed by atoms with Gasteiger partial charge in [-0.15, -0.1) is 0 Å². The number of benzene rings is 3. The van der Waals surface area contributed by atoms with E-state index in [9.17, 15) is 4.79 Å². The standard InChI is InChI=1S/C25H17N5OS/c26-15-17-5-3-8-19(13-17)28-24(31)16-32-25-23-14-22(29-30(23)12-11-27-25)21-10-4-7-18-6-1-2-9-20(18)21/h1-14H,16H2,(H,28,31). The molecule has 6 nitrogen and oxygen atoms in total. The molecule has 154 valence electrons. The second kappa shape index (κ2) is 8.53. The summed E-state index contributed by atoms with van der Waals surface area (Å²) in [5, 5.41) is 19.6. The van der Waals surface area contributed by atoms with Crippen LogP contribution >= 0.6 is 11.8 Å². The van der Waals surface area contributed by atoms with Crippen molar-refractivity contribution in [2.75, 3.05) is 11.1 Å². The Morgan fingerprint density at radius 1 is 1.06 bits per heavy atom. The van der Waals surface area contributed by atoms with E-state index < -0.39 is 0 Å². The van der Waals surface area contributed by atoms with E-state index in [-0.39, 0.29) is 11.7 Å². The van der Waals surface area contributed by atoms with Gasteiger partial charge in [-0.2, -0.15) is 10.4 Å². The predicted molar refractivity (Wildman–Crippen MR) is 126 cm³/mol. The molecule has 0 radical (unpaired) electrons. The lowest BCUT2D eigenvalue weighted by Gasteiger charge is -2.05. The zero-order valence-corrected chi connectivity index (χ0v) is 17.7. The lowest BCUT2D eigenvalue weighted by molar-refractivity contribution is -0.113. The molecular formula is C25H17N5OS. The van der Waals surface area contributed by atoms with Crippen LogP contribution in [0.3, 0.4) is 0 Å². The van der Waals surface area contributed by atoms with E-state index in [0.29, 0.717) is 11.3 Å². The van der Waals surface area contributed by atoms with Crippen molar-refractivity contribution in [1.29, 1.82) is 5.26 Å². The summed E-state index contributed by atoms with van der Waals surface area (Å²) in [7, 11) is 0. The number of thioether (sulfide) groups is 1. The van der Waals surface area contributed by atoms with Crippen LogP contribution in [0.5, 0.6) is 0 Å². The summed E-state index contributed by atoms with van der Waals surface area (Å²) in [6.07, 6.45) is 3.49. The van der Waals surface area contributed by atoms with E-state index in [4.69, 9.17) is 10.4 Å². The van der Waals surface area contributed by atoms with Crippen LogP contribution in [-0.4, -0.2) is 26.3 Å². The largest absolute Gasteiger partial charge is 0.325 e. The molecule has 0 aliphatic carbocycles. The lowest BCUT2D eigenvalue weighted by Crippen LogP contribution is -2.14. The molecule has 5 rings (SSSR count). The van der Waals surface area contributed by atoms with Gasteiger partial charge in [-0.3, -0.25) is 4.79 Å². The van der Waals surface area contributed by atoms with Gasteiger partial charge in [-0.1, -0.05) is 60.3 Å². The summed E-state index contributed by atoms with van der Waals surface area (Å²) >= 11 is 1.35. The lowest BCUT2D eigenvalue weighted by atomic mass is 10.0. The third kappa shape index (κ3) is 3.92. The number of nitrogens with zero attached hydrogens (tertiary/aromatic N) is 4. The highest BCUT2D eigenvalue weighted by Crippen LogP contribution is 2.30. The maximum Gasteiger partial charge on any atom is 0.234 e. The molecule has 3 aromatic carbocycles. The highest BCUT2D eigenvalue weighted by atomic mass is 32.2. The molecule has 0 saturated carbocycles. The first-order valence-electron chi connectivity index (χ1n) is 9.96. The smallest absolute Gasteiger partial charge is 0.234 e. The molecule has 0 spiro atoms. The summed E-state index contributed by atoms with van der Waals surface area (Å²) in [5.41, 5.74) is 3.86. The Balaban J connectivity index is 1.39. The van der Waals surface area contributed by atoms with E-state index in [1.807, 2.05) is 30.5 Å². The Hall–Kier alpha value is -4.15. The van der Waals surface area contributed by atoms with Gasteiger partial charge in [0.1, 0.15) is 5.03 Å². The number of hydrogen-bond acceptors (Lipinski definition) is 5. The molecule has 0 atom stereocenters. The van der Waals surface area contributed by atoms with Crippen LogP contribution in [0.2, 0.25) is 0 Å². The quantitative estimate of drug-likeness (QED) is 0.386. The molecule has 7 heteroatoms. The van der Waals surface area contributed by atoms with Gasteiger partial charge in [0.05, 0.1) is 28.6 Å². The zero-order valence-electron chi connectivity index (χ0n) is 16.9.